The summed E-state index contributed by atoms with van der Waals surface area (Å²) in [5.74, 6) is -1.00. The van der Waals surface area contributed by atoms with E-state index in [0.29, 0.717) is 19.4 Å². The summed E-state index contributed by atoms with van der Waals surface area (Å²) in [6.45, 7) is 1.96. The van der Waals surface area contributed by atoms with Gasteiger partial charge in [0, 0.05) is 24.9 Å². The first kappa shape index (κ1) is 27.0. The molecule has 0 saturated carbocycles. The van der Waals surface area contributed by atoms with Crippen molar-refractivity contribution >= 4 is 15.9 Å². The number of amides is 1. The number of nitrogens with one attached hydrogen (secondary N) is 2. The maximum atomic E-state index is 13.3. The van der Waals surface area contributed by atoms with Gasteiger partial charge in [-0.15, -0.1) is 0 Å². The molecule has 0 aromatic heterocycles. The van der Waals surface area contributed by atoms with Crippen molar-refractivity contribution in [2.75, 3.05) is 13.1 Å². The molecule has 1 aliphatic rings. The van der Waals surface area contributed by atoms with Gasteiger partial charge in [0.15, 0.2) is 0 Å². The minimum absolute atomic E-state index is 0.0843. The first-order valence-electron chi connectivity index (χ1n) is 12.5. The Morgan fingerprint density at radius 1 is 1.00 bits per heavy atom. The highest BCUT2D eigenvalue weighted by Crippen LogP contribution is 2.32. The zero-order valence-corrected chi connectivity index (χ0v) is 21.7. The van der Waals surface area contributed by atoms with Gasteiger partial charge < -0.3 is 15.5 Å². The Kier molecular flexibility index (Phi) is 8.76. The molecule has 4 atom stereocenters. The van der Waals surface area contributed by atoms with Crippen molar-refractivity contribution in [2.24, 2.45) is 5.92 Å². The van der Waals surface area contributed by atoms with Gasteiger partial charge in [0.2, 0.25) is 15.9 Å². The molecule has 0 unspecified atom stereocenters. The van der Waals surface area contributed by atoms with E-state index >= 15 is 0 Å². The van der Waals surface area contributed by atoms with Crippen LogP contribution in [0, 0.1) is 12.8 Å². The third-order valence-electron chi connectivity index (χ3n) is 6.94. The summed E-state index contributed by atoms with van der Waals surface area (Å²) in [7, 11) is -3.78. The fraction of sp³-hybridized carbons (Fsp3) is 0.345. The molecule has 0 spiro atoms. The summed E-state index contributed by atoms with van der Waals surface area (Å²) in [6, 6.07) is 23.8. The minimum Gasteiger partial charge on any atom is -0.392 e. The number of aliphatic hydroxyl groups is 2. The third-order valence-corrected chi connectivity index (χ3v) is 8.38. The lowest BCUT2D eigenvalue weighted by Crippen LogP contribution is -2.40. The van der Waals surface area contributed by atoms with E-state index in [1.165, 1.54) is 12.1 Å². The molecular weight excluding hydrogens is 488 g/mol. The molecule has 4 N–H and O–H groups in total. The number of carbonyl (C=O) groups is 1. The van der Waals surface area contributed by atoms with Crippen LogP contribution in [-0.4, -0.2) is 49.8 Å². The predicted octanol–water partition coefficient (Wildman–Crippen LogP) is 2.70. The van der Waals surface area contributed by atoms with Gasteiger partial charge in [-0.2, -0.15) is 0 Å². The first-order chi connectivity index (χ1) is 17.7. The van der Waals surface area contributed by atoms with Crippen molar-refractivity contribution in [2.45, 2.75) is 49.2 Å². The van der Waals surface area contributed by atoms with Crippen LogP contribution in [0.5, 0.6) is 0 Å². The van der Waals surface area contributed by atoms with E-state index in [1.54, 1.807) is 12.1 Å². The largest absolute Gasteiger partial charge is 0.392 e. The van der Waals surface area contributed by atoms with Crippen LogP contribution in [0.1, 0.15) is 34.6 Å². The Hall–Kier alpha value is -3.04. The van der Waals surface area contributed by atoms with Gasteiger partial charge in [0.25, 0.3) is 0 Å². The minimum atomic E-state index is -3.78. The highest BCUT2D eigenvalue weighted by atomic mass is 32.2. The number of hydrogen-bond donors (Lipinski definition) is 4. The maximum absolute atomic E-state index is 13.3. The van der Waals surface area contributed by atoms with Gasteiger partial charge in [0.1, 0.15) is 0 Å². The van der Waals surface area contributed by atoms with E-state index in [4.69, 9.17) is 0 Å². The maximum Gasteiger partial charge on any atom is 0.240 e. The lowest BCUT2D eigenvalue weighted by molar-refractivity contribution is -0.126. The van der Waals surface area contributed by atoms with E-state index in [2.05, 4.69) is 10.0 Å². The molecule has 7 nitrogen and oxygen atoms in total. The molecule has 4 rings (SSSR count). The molecule has 0 aliphatic heterocycles. The molecule has 0 saturated heterocycles. The van der Waals surface area contributed by atoms with E-state index in [-0.39, 0.29) is 29.7 Å². The SMILES string of the molecule is Cc1ccc(S(=O)(=O)NC[C@@H](O)C[C@@H](Cc2ccccc2)C(=O)NC[C@H]2c3ccccc3C[C@H]2O)cc1. The molecule has 3 aromatic carbocycles. The summed E-state index contributed by atoms with van der Waals surface area (Å²) in [5, 5.41) is 24.2. The summed E-state index contributed by atoms with van der Waals surface area (Å²) < 4.78 is 27.7. The van der Waals surface area contributed by atoms with Crippen LogP contribution >= 0.6 is 0 Å². The van der Waals surface area contributed by atoms with E-state index in [1.807, 2.05) is 61.5 Å². The quantitative estimate of drug-likeness (QED) is 0.309. The van der Waals surface area contributed by atoms with Gasteiger partial charge >= 0.3 is 0 Å². The van der Waals surface area contributed by atoms with Crippen molar-refractivity contribution in [1.29, 1.82) is 0 Å². The van der Waals surface area contributed by atoms with Crippen LogP contribution in [0.15, 0.2) is 83.8 Å². The molecule has 0 bridgehead atoms. The van der Waals surface area contributed by atoms with E-state index in [0.717, 1.165) is 22.3 Å². The van der Waals surface area contributed by atoms with Crippen LogP contribution in [0.25, 0.3) is 0 Å². The van der Waals surface area contributed by atoms with E-state index in [9.17, 15) is 23.4 Å². The van der Waals surface area contributed by atoms with Crippen molar-refractivity contribution in [1.82, 2.24) is 10.0 Å². The van der Waals surface area contributed by atoms with Crippen molar-refractivity contribution < 1.29 is 23.4 Å². The topological polar surface area (TPSA) is 116 Å². The Morgan fingerprint density at radius 2 is 1.68 bits per heavy atom. The highest BCUT2D eigenvalue weighted by molar-refractivity contribution is 7.89. The highest BCUT2D eigenvalue weighted by Gasteiger charge is 2.32. The number of aryl methyl sites for hydroxylation is 1. The predicted molar refractivity (Wildman–Crippen MR) is 143 cm³/mol. The smallest absolute Gasteiger partial charge is 0.240 e. The molecule has 196 valence electrons. The number of sulfonamides is 1. The van der Waals surface area contributed by atoms with Gasteiger partial charge in [-0.25, -0.2) is 13.1 Å². The molecule has 8 heteroatoms. The van der Waals surface area contributed by atoms with Crippen LogP contribution < -0.4 is 10.0 Å². The number of fused-ring (bicyclic) bond motifs is 1. The lowest BCUT2D eigenvalue weighted by atomic mass is 9.92. The summed E-state index contributed by atoms with van der Waals surface area (Å²) in [6.07, 6.45) is -0.576. The fourth-order valence-electron chi connectivity index (χ4n) is 4.86. The van der Waals surface area contributed by atoms with Gasteiger partial charge in [-0.05, 0) is 55.0 Å². The Balaban J connectivity index is 1.40. The van der Waals surface area contributed by atoms with Crippen molar-refractivity contribution in [3.63, 3.8) is 0 Å². The summed E-state index contributed by atoms with van der Waals surface area (Å²) in [5.41, 5.74) is 4.02. The van der Waals surface area contributed by atoms with Gasteiger partial charge in [-0.3, -0.25) is 4.79 Å². The average molecular weight is 523 g/mol. The molecule has 0 heterocycles. The number of hydrogen-bond acceptors (Lipinski definition) is 5. The lowest BCUT2D eigenvalue weighted by Gasteiger charge is -2.23. The monoisotopic (exact) mass is 522 g/mol. The zero-order chi connectivity index (χ0) is 26.4. The first-order valence-corrected chi connectivity index (χ1v) is 14.0. The van der Waals surface area contributed by atoms with Crippen molar-refractivity contribution in [3.05, 3.63) is 101 Å². The number of rotatable bonds is 11. The molecule has 3 aromatic rings. The molecule has 0 fully saturated rings. The fourth-order valence-corrected chi connectivity index (χ4v) is 5.93. The Labute approximate surface area is 218 Å². The third kappa shape index (κ3) is 7.05. The van der Waals surface area contributed by atoms with Gasteiger partial charge in [0.05, 0.1) is 17.1 Å². The van der Waals surface area contributed by atoms with E-state index < -0.39 is 28.1 Å². The molecule has 1 amide bonds. The standard InChI is InChI=1S/C29H34N2O5S/c1-20-11-13-25(14-12-20)37(35,36)31-18-24(32)16-23(15-21-7-3-2-4-8-21)29(34)30-19-27-26-10-6-5-9-22(26)17-28(27)33/h2-14,23-24,27-28,31-33H,15-19H2,1H3,(H,30,34)/t23-,24+,27+,28-/m1/s1. The second kappa shape index (κ2) is 12.0. The molecule has 1 aliphatic carbocycles. The second-order valence-corrected chi connectivity index (χ2v) is 11.5. The molecule has 0 radical (unpaired) electrons. The molecule has 37 heavy (non-hydrogen) atoms. The number of benzene rings is 3. The normalized spacial score (nSPS) is 18.7. The Morgan fingerprint density at radius 3 is 2.41 bits per heavy atom. The number of aliphatic hydroxyl groups excluding tert-OH is 2. The van der Waals surface area contributed by atoms with Crippen LogP contribution in [0.2, 0.25) is 0 Å². The van der Waals surface area contributed by atoms with Gasteiger partial charge in [-0.1, -0.05) is 72.3 Å². The van der Waals surface area contributed by atoms with Crippen LogP contribution in [0.3, 0.4) is 0 Å². The van der Waals surface area contributed by atoms with Crippen LogP contribution in [0.4, 0.5) is 0 Å². The zero-order valence-electron chi connectivity index (χ0n) is 20.9. The second-order valence-electron chi connectivity index (χ2n) is 9.76. The molecular formula is C29H34N2O5S. The van der Waals surface area contributed by atoms with Crippen LogP contribution in [-0.2, 0) is 27.7 Å². The number of carbonyl (C=O) groups excluding carboxylic acids is 1. The Bertz CT molecular complexity index is 1300. The summed E-state index contributed by atoms with van der Waals surface area (Å²) in [4.78, 5) is 13.4. The summed E-state index contributed by atoms with van der Waals surface area (Å²) >= 11 is 0. The van der Waals surface area contributed by atoms with Crippen molar-refractivity contribution in [3.8, 4) is 0 Å². The average Bonchev–Trinajstić information content (AvgIpc) is 3.21.